The van der Waals surface area contributed by atoms with E-state index in [0.717, 1.165) is 5.01 Å². The predicted octanol–water partition coefficient (Wildman–Crippen LogP) is 0.677. The van der Waals surface area contributed by atoms with E-state index < -0.39 is 5.91 Å². The van der Waals surface area contributed by atoms with E-state index in [-0.39, 0.29) is 29.0 Å². The van der Waals surface area contributed by atoms with Crippen molar-refractivity contribution in [2.45, 2.75) is 12.8 Å². The third kappa shape index (κ3) is 2.80. The van der Waals surface area contributed by atoms with Crippen molar-refractivity contribution in [3.8, 4) is 0 Å². The van der Waals surface area contributed by atoms with Crippen molar-refractivity contribution in [1.82, 2.24) is 15.2 Å². The highest BCUT2D eigenvalue weighted by Gasteiger charge is 2.22. The maximum absolute atomic E-state index is 11.8. The van der Waals surface area contributed by atoms with Crippen LogP contribution in [0.25, 0.3) is 0 Å². The lowest BCUT2D eigenvalue weighted by atomic mass is 10.1. The smallest absolute Gasteiger partial charge is 0.273 e. The third-order valence-electron chi connectivity index (χ3n) is 2.34. The molecule has 0 bridgehead atoms. The maximum Gasteiger partial charge on any atom is 0.273 e. The lowest BCUT2D eigenvalue weighted by molar-refractivity contribution is -0.130. The van der Waals surface area contributed by atoms with Gasteiger partial charge in [-0.2, -0.15) is 5.10 Å². The summed E-state index contributed by atoms with van der Waals surface area (Å²) in [6.45, 7) is 0. The van der Waals surface area contributed by atoms with Crippen LogP contribution in [0.2, 0.25) is 5.15 Å². The summed E-state index contributed by atoms with van der Waals surface area (Å²) in [7, 11) is 1.51. The van der Waals surface area contributed by atoms with E-state index in [1.165, 1.54) is 19.2 Å². The number of halogens is 1. The van der Waals surface area contributed by atoms with Crippen LogP contribution in [0.1, 0.15) is 12.8 Å². The monoisotopic (exact) mass is 267 g/mol. The molecule has 8 heteroatoms. The Morgan fingerprint density at radius 1 is 1.39 bits per heavy atom. The summed E-state index contributed by atoms with van der Waals surface area (Å²) in [6.07, 6.45) is 0.588. The molecule has 0 spiro atoms. The van der Waals surface area contributed by atoms with Gasteiger partial charge in [-0.1, -0.05) is 11.6 Å². The third-order valence-corrected chi connectivity index (χ3v) is 2.54. The number of amides is 2. The van der Waals surface area contributed by atoms with Crippen LogP contribution < -0.4 is 5.32 Å². The number of nitrogens with zero attached hydrogens (tertiary/aromatic N) is 4. The van der Waals surface area contributed by atoms with Crippen molar-refractivity contribution in [3.63, 3.8) is 0 Å². The van der Waals surface area contributed by atoms with Gasteiger partial charge < -0.3 is 5.32 Å². The molecule has 0 aliphatic carbocycles. The van der Waals surface area contributed by atoms with Gasteiger partial charge in [0.2, 0.25) is 5.91 Å². The van der Waals surface area contributed by atoms with Crippen LogP contribution >= 0.6 is 11.6 Å². The minimum absolute atomic E-state index is 0.113. The number of anilines is 1. The summed E-state index contributed by atoms with van der Waals surface area (Å²) in [5.74, 6) is -0.226. The number of carbonyl (C=O) groups excluding carboxylic acids is 2. The van der Waals surface area contributed by atoms with Gasteiger partial charge in [-0.25, -0.2) is 5.01 Å². The average Bonchev–Trinajstić information content (AvgIpc) is 2.35. The second kappa shape index (κ2) is 5.09. The van der Waals surface area contributed by atoms with Gasteiger partial charge in [-0.15, -0.1) is 10.2 Å². The number of aromatic nitrogens is 2. The van der Waals surface area contributed by atoms with Gasteiger partial charge in [0.25, 0.3) is 5.91 Å². The van der Waals surface area contributed by atoms with Crippen LogP contribution in [0.15, 0.2) is 17.2 Å². The highest BCUT2D eigenvalue weighted by atomic mass is 35.5. The SMILES string of the molecule is CN1N=C(C(=O)Nc2ccc(Cl)nn2)CCC1=O. The number of hydrogen-bond acceptors (Lipinski definition) is 5. The first-order valence-corrected chi connectivity index (χ1v) is 5.58. The van der Waals surface area contributed by atoms with Crippen LogP contribution in [-0.2, 0) is 9.59 Å². The average molecular weight is 268 g/mol. The first-order chi connectivity index (χ1) is 8.56. The second-order valence-electron chi connectivity index (χ2n) is 3.66. The molecule has 0 fully saturated rings. The van der Waals surface area contributed by atoms with Crippen LogP contribution in [0.4, 0.5) is 5.82 Å². The lowest BCUT2D eigenvalue weighted by Gasteiger charge is -2.18. The molecular formula is C10H10ClN5O2. The zero-order valence-electron chi connectivity index (χ0n) is 9.55. The maximum atomic E-state index is 11.8. The Morgan fingerprint density at radius 2 is 2.17 bits per heavy atom. The molecule has 0 saturated heterocycles. The standard InChI is InChI=1S/C10H10ClN5O2/c1-16-9(17)5-2-6(15-16)10(18)12-8-4-3-7(11)13-14-8/h3-4H,2,5H2,1H3,(H,12,14,18). The molecular weight excluding hydrogens is 258 g/mol. The summed E-state index contributed by atoms with van der Waals surface area (Å²) in [5, 5.41) is 15.1. The Labute approximate surface area is 108 Å². The molecule has 2 heterocycles. The van der Waals surface area contributed by atoms with Crippen molar-refractivity contribution >= 4 is 34.9 Å². The molecule has 1 aromatic rings. The quantitative estimate of drug-likeness (QED) is 0.853. The molecule has 1 N–H and O–H groups in total. The van der Waals surface area contributed by atoms with Crippen molar-refractivity contribution in [3.05, 3.63) is 17.3 Å². The molecule has 0 atom stereocenters. The highest BCUT2D eigenvalue weighted by molar-refractivity contribution is 6.43. The van der Waals surface area contributed by atoms with E-state index in [0.29, 0.717) is 6.42 Å². The van der Waals surface area contributed by atoms with E-state index in [2.05, 4.69) is 20.6 Å². The minimum Gasteiger partial charge on any atom is -0.304 e. The molecule has 2 rings (SSSR count). The molecule has 0 unspecified atom stereocenters. The lowest BCUT2D eigenvalue weighted by Crippen LogP contribution is -2.34. The van der Waals surface area contributed by atoms with Gasteiger partial charge in [0.1, 0.15) is 5.71 Å². The fourth-order valence-electron chi connectivity index (χ4n) is 1.40. The van der Waals surface area contributed by atoms with E-state index in [9.17, 15) is 9.59 Å². The van der Waals surface area contributed by atoms with Gasteiger partial charge in [0, 0.05) is 19.9 Å². The zero-order valence-corrected chi connectivity index (χ0v) is 10.3. The molecule has 0 saturated carbocycles. The number of hydrazone groups is 1. The van der Waals surface area contributed by atoms with Crippen LogP contribution in [0, 0.1) is 0 Å². The zero-order chi connectivity index (χ0) is 13.1. The minimum atomic E-state index is -0.397. The summed E-state index contributed by atoms with van der Waals surface area (Å²) < 4.78 is 0. The second-order valence-corrected chi connectivity index (χ2v) is 4.05. The van der Waals surface area contributed by atoms with Gasteiger partial charge in [-0.3, -0.25) is 9.59 Å². The van der Waals surface area contributed by atoms with Crippen LogP contribution in [0.3, 0.4) is 0 Å². The topological polar surface area (TPSA) is 87.6 Å². The summed E-state index contributed by atoms with van der Waals surface area (Å²) in [5.41, 5.74) is 0.286. The number of carbonyl (C=O) groups is 2. The number of rotatable bonds is 2. The molecule has 1 aliphatic heterocycles. The first kappa shape index (κ1) is 12.4. The Balaban J connectivity index is 2.06. The summed E-state index contributed by atoms with van der Waals surface area (Å²) >= 11 is 5.58. The van der Waals surface area contributed by atoms with Crippen LogP contribution in [0.5, 0.6) is 0 Å². The number of hydrogen-bond donors (Lipinski definition) is 1. The van der Waals surface area contributed by atoms with E-state index in [1.807, 2.05) is 0 Å². The van der Waals surface area contributed by atoms with Crippen molar-refractivity contribution in [1.29, 1.82) is 0 Å². The largest absolute Gasteiger partial charge is 0.304 e. The fraction of sp³-hybridized carbons (Fsp3) is 0.300. The molecule has 7 nitrogen and oxygen atoms in total. The van der Waals surface area contributed by atoms with Gasteiger partial charge in [0.05, 0.1) is 0 Å². The highest BCUT2D eigenvalue weighted by Crippen LogP contribution is 2.10. The molecule has 1 aliphatic rings. The first-order valence-electron chi connectivity index (χ1n) is 5.21. The Morgan fingerprint density at radius 3 is 2.78 bits per heavy atom. The molecule has 94 valence electrons. The van der Waals surface area contributed by atoms with E-state index >= 15 is 0 Å². The molecule has 1 aromatic heterocycles. The fourth-order valence-corrected chi connectivity index (χ4v) is 1.50. The number of nitrogens with one attached hydrogen (secondary N) is 1. The van der Waals surface area contributed by atoms with Crippen molar-refractivity contribution in [2.24, 2.45) is 5.10 Å². The summed E-state index contributed by atoms with van der Waals surface area (Å²) in [6, 6.07) is 3.05. The molecule has 2 amide bonds. The van der Waals surface area contributed by atoms with Gasteiger partial charge in [-0.05, 0) is 12.1 Å². The summed E-state index contributed by atoms with van der Waals surface area (Å²) in [4.78, 5) is 23.0. The van der Waals surface area contributed by atoms with E-state index in [1.54, 1.807) is 0 Å². The van der Waals surface area contributed by atoms with Crippen molar-refractivity contribution in [2.75, 3.05) is 12.4 Å². The normalized spacial score (nSPS) is 15.3. The Bertz CT molecular complexity index is 514. The Kier molecular flexibility index (Phi) is 3.52. The molecule has 18 heavy (non-hydrogen) atoms. The molecule has 0 radical (unpaired) electrons. The van der Waals surface area contributed by atoms with Crippen molar-refractivity contribution < 1.29 is 9.59 Å². The van der Waals surface area contributed by atoms with Crippen LogP contribution in [-0.4, -0.2) is 39.8 Å². The Hall–Kier alpha value is -2.02. The van der Waals surface area contributed by atoms with E-state index in [4.69, 9.17) is 11.6 Å². The van der Waals surface area contributed by atoms with Gasteiger partial charge in [0.15, 0.2) is 11.0 Å². The predicted molar refractivity (Wildman–Crippen MR) is 65.1 cm³/mol. The van der Waals surface area contributed by atoms with Gasteiger partial charge >= 0.3 is 0 Å². The molecule has 0 aromatic carbocycles.